The number of imidazole rings is 1. The molecule has 0 spiro atoms. The molecule has 2 aromatic rings. The number of rotatable bonds is 3. The highest BCUT2D eigenvalue weighted by Crippen LogP contribution is 1.95. The van der Waals surface area contributed by atoms with Gasteiger partial charge in [-0.05, 0) is 6.07 Å². The summed E-state index contributed by atoms with van der Waals surface area (Å²) in [7, 11) is 0. The van der Waals surface area contributed by atoms with E-state index in [0.29, 0.717) is 5.95 Å². The Labute approximate surface area is 95.5 Å². The smallest absolute Gasteiger partial charge is 0.349 e. The minimum absolute atomic E-state index is 0.123. The Balaban J connectivity index is 2.06. The van der Waals surface area contributed by atoms with Crippen LogP contribution in [0.4, 0.5) is 11.8 Å². The number of carbonyl (C=O) groups is 1. The van der Waals surface area contributed by atoms with E-state index in [0.717, 1.165) is 4.57 Å². The largest absolute Gasteiger partial charge is 0.383 e. The molecule has 2 aromatic heterocycles. The molecule has 0 unspecified atom stereocenters. The number of nitrogens with two attached hydrogens (primary N) is 1. The number of hydrogen-bond acceptors (Lipinski definition) is 5. The number of H-pyrrole nitrogens is 1. The molecule has 88 valence electrons. The zero-order valence-electron chi connectivity index (χ0n) is 8.75. The van der Waals surface area contributed by atoms with E-state index in [1.54, 1.807) is 6.20 Å². The third-order valence-electron chi connectivity index (χ3n) is 1.97. The molecule has 17 heavy (non-hydrogen) atoms. The van der Waals surface area contributed by atoms with E-state index < -0.39 is 5.69 Å². The van der Waals surface area contributed by atoms with Crippen LogP contribution in [0.3, 0.4) is 0 Å². The zero-order chi connectivity index (χ0) is 12.3. The standard InChI is InChI=1S/C9H10N6O2/c10-6-1-4-15(9(17)13-6)5-7(16)14-8-11-2-3-12-8/h1-4H,5H2,(H2,10,13,17)(H2,11,12,14,16). The lowest BCUT2D eigenvalue weighted by molar-refractivity contribution is -0.116. The second-order valence-electron chi connectivity index (χ2n) is 3.25. The quantitative estimate of drug-likeness (QED) is 0.641. The maximum absolute atomic E-state index is 11.5. The van der Waals surface area contributed by atoms with Crippen LogP contribution in [0.5, 0.6) is 0 Å². The summed E-state index contributed by atoms with van der Waals surface area (Å²) in [6.07, 6.45) is 4.49. The van der Waals surface area contributed by atoms with Gasteiger partial charge in [-0.2, -0.15) is 4.98 Å². The van der Waals surface area contributed by atoms with Crippen LogP contribution in [0.15, 0.2) is 29.5 Å². The molecule has 8 nitrogen and oxygen atoms in total. The molecule has 0 fully saturated rings. The van der Waals surface area contributed by atoms with E-state index >= 15 is 0 Å². The molecule has 0 radical (unpaired) electrons. The van der Waals surface area contributed by atoms with Crippen LogP contribution in [0.1, 0.15) is 0 Å². The summed E-state index contributed by atoms with van der Waals surface area (Å²) in [5.74, 6) is 0.0674. The lowest BCUT2D eigenvalue weighted by atomic mass is 10.5. The molecule has 0 aromatic carbocycles. The van der Waals surface area contributed by atoms with Crippen molar-refractivity contribution in [3.63, 3.8) is 0 Å². The number of nitrogens with zero attached hydrogens (tertiary/aromatic N) is 3. The Morgan fingerprint density at radius 2 is 2.41 bits per heavy atom. The zero-order valence-corrected chi connectivity index (χ0v) is 8.75. The molecule has 4 N–H and O–H groups in total. The van der Waals surface area contributed by atoms with E-state index in [4.69, 9.17) is 5.73 Å². The molecule has 8 heteroatoms. The summed E-state index contributed by atoms with van der Waals surface area (Å²) in [6.45, 7) is -0.146. The Morgan fingerprint density at radius 1 is 1.59 bits per heavy atom. The van der Waals surface area contributed by atoms with Crippen LogP contribution in [-0.4, -0.2) is 25.4 Å². The van der Waals surface area contributed by atoms with Crippen LogP contribution < -0.4 is 16.7 Å². The van der Waals surface area contributed by atoms with Crippen molar-refractivity contribution in [2.24, 2.45) is 0 Å². The molecule has 0 atom stereocenters. The van der Waals surface area contributed by atoms with Crippen molar-refractivity contribution in [1.82, 2.24) is 19.5 Å². The van der Waals surface area contributed by atoms with Crippen molar-refractivity contribution in [2.75, 3.05) is 11.1 Å². The summed E-state index contributed by atoms with van der Waals surface area (Å²) in [5.41, 5.74) is 4.76. The number of nitrogens with one attached hydrogen (secondary N) is 2. The third kappa shape index (κ3) is 2.68. The number of nitrogen functional groups attached to an aromatic ring is 1. The van der Waals surface area contributed by atoms with Gasteiger partial charge >= 0.3 is 5.69 Å². The van der Waals surface area contributed by atoms with E-state index in [9.17, 15) is 9.59 Å². The number of aromatic nitrogens is 4. The van der Waals surface area contributed by atoms with Gasteiger partial charge in [0.1, 0.15) is 12.4 Å². The number of amides is 1. The fraction of sp³-hybridized carbons (Fsp3) is 0.111. The highest BCUT2D eigenvalue weighted by molar-refractivity contribution is 5.88. The summed E-state index contributed by atoms with van der Waals surface area (Å²) in [6, 6.07) is 1.45. The number of carbonyl (C=O) groups excluding carboxylic acids is 1. The predicted molar refractivity (Wildman–Crippen MR) is 60.1 cm³/mol. The van der Waals surface area contributed by atoms with Gasteiger partial charge in [0.25, 0.3) is 0 Å². The maximum atomic E-state index is 11.5. The number of hydrogen-bond donors (Lipinski definition) is 3. The molecule has 2 heterocycles. The molecule has 0 saturated carbocycles. The second kappa shape index (κ2) is 4.47. The average Bonchev–Trinajstić information content (AvgIpc) is 2.75. The average molecular weight is 234 g/mol. The molecule has 0 bridgehead atoms. The molecule has 0 aliphatic heterocycles. The summed E-state index contributed by atoms with van der Waals surface area (Å²) < 4.78 is 1.15. The van der Waals surface area contributed by atoms with Crippen molar-refractivity contribution in [3.8, 4) is 0 Å². The highest BCUT2D eigenvalue weighted by atomic mass is 16.2. The molecule has 2 rings (SSSR count). The maximum Gasteiger partial charge on any atom is 0.349 e. The summed E-state index contributed by atoms with van der Waals surface area (Å²) in [5, 5.41) is 2.49. The van der Waals surface area contributed by atoms with Crippen LogP contribution >= 0.6 is 0 Å². The van der Waals surface area contributed by atoms with Crippen molar-refractivity contribution >= 4 is 17.7 Å². The number of anilines is 2. The highest BCUT2D eigenvalue weighted by Gasteiger charge is 2.06. The SMILES string of the molecule is Nc1ccn(CC(=O)Nc2ncc[nH]2)c(=O)n1. The van der Waals surface area contributed by atoms with Gasteiger partial charge in [-0.15, -0.1) is 0 Å². The Morgan fingerprint density at radius 3 is 3.06 bits per heavy atom. The second-order valence-corrected chi connectivity index (χ2v) is 3.25. The van der Waals surface area contributed by atoms with Crippen LogP contribution in [-0.2, 0) is 11.3 Å². The Bertz CT molecular complexity index is 573. The van der Waals surface area contributed by atoms with Gasteiger partial charge in [0.15, 0.2) is 0 Å². The lowest BCUT2D eigenvalue weighted by Crippen LogP contribution is -2.29. The van der Waals surface area contributed by atoms with Crippen LogP contribution in [0, 0.1) is 0 Å². The Hall–Kier alpha value is -2.64. The summed E-state index contributed by atoms with van der Waals surface area (Å²) >= 11 is 0. The van der Waals surface area contributed by atoms with Gasteiger partial charge in [0.05, 0.1) is 0 Å². The van der Waals surface area contributed by atoms with E-state index in [-0.39, 0.29) is 18.3 Å². The van der Waals surface area contributed by atoms with Crippen LogP contribution in [0.25, 0.3) is 0 Å². The van der Waals surface area contributed by atoms with Gasteiger partial charge in [-0.1, -0.05) is 0 Å². The minimum Gasteiger partial charge on any atom is -0.383 e. The monoisotopic (exact) mass is 234 g/mol. The molecular formula is C9H10N6O2. The normalized spacial score (nSPS) is 10.1. The van der Waals surface area contributed by atoms with E-state index in [1.807, 2.05) is 0 Å². The molecular weight excluding hydrogens is 224 g/mol. The van der Waals surface area contributed by atoms with Gasteiger partial charge < -0.3 is 10.7 Å². The van der Waals surface area contributed by atoms with Gasteiger partial charge in [0, 0.05) is 18.6 Å². The van der Waals surface area contributed by atoms with Crippen molar-refractivity contribution in [3.05, 3.63) is 35.1 Å². The molecule has 0 saturated heterocycles. The lowest BCUT2D eigenvalue weighted by Gasteiger charge is -2.04. The first-order valence-electron chi connectivity index (χ1n) is 4.77. The first kappa shape index (κ1) is 10.9. The molecule has 0 aliphatic rings. The first-order valence-corrected chi connectivity index (χ1v) is 4.77. The van der Waals surface area contributed by atoms with Crippen molar-refractivity contribution < 1.29 is 4.79 Å². The first-order chi connectivity index (χ1) is 8.15. The topological polar surface area (TPSA) is 119 Å². The Kier molecular flexibility index (Phi) is 2.86. The van der Waals surface area contributed by atoms with Gasteiger partial charge in [-0.3, -0.25) is 14.7 Å². The van der Waals surface area contributed by atoms with Crippen LogP contribution in [0.2, 0.25) is 0 Å². The van der Waals surface area contributed by atoms with E-state index in [1.165, 1.54) is 18.5 Å². The minimum atomic E-state index is -0.570. The molecule has 1 amide bonds. The van der Waals surface area contributed by atoms with Gasteiger partial charge in [-0.25, -0.2) is 9.78 Å². The third-order valence-corrected chi connectivity index (χ3v) is 1.97. The number of aromatic amines is 1. The van der Waals surface area contributed by atoms with Gasteiger partial charge in [0.2, 0.25) is 11.9 Å². The molecule has 0 aliphatic carbocycles. The van der Waals surface area contributed by atoms with Crippen molar-refractivity contribution in [1.29, 1.82) is 0 Å². The fourth-order valence-electron chi connectivity index (χ4n) is 1.22. The fourth-order valence-corrected chi connectivity index (χ4v) is 1.22. The van der Waals surface area contributed by atoms with Crippen molar-refractivity contribution in [2.45, 2.75) is 6.54 Å². The summed E-state index contributed by atoms with van der Waals surface area (Å²) in [4.78, 5) is 32.9. The van der Waals surface area contributed by atoms with E-state index in [2.05, 4.69) is 20.3 Å². The predicted octanol–water partition coefficient (Wildman–Crippen LogP) is -0.813.